The van der Waals surface area contributed by atoms with E-state index < -0.39 is 12.1 Å². The molecule has 1 atom stereocenters. The van der Waals surface area contributed by atoms with Crippen LogP contribution in [0.1, 0.15) is 5.56 Å². The van der Waals surface area contributed by atoms with Gasteiger partial charge in [0.25, 0.3) is 0 Å². The second-order valence-electron chi connectivity index (χ2n) is 2.73. The number of ether oxygens (including phenoxy) is 1. The van der Waals surface area contributed by atoms with E-state index in [2.05, 4.69) is 4.98 Å². The monoisotopic (exact) mass is 215 g/mol. The lowest BCUT2D eigenvalue weighted by Gasteiger charge is -2.10. The van der Waals surface area contributed by atoms with Crippen molar-refractivity contribution >= 4 is 17.6 Å². The van der Waals surface area contributed by atoms with Gasteiger partial charge in [-0.25, -0.2) is 4.79 Å². The van der Waals surface area contributed by atoms with Crippen molar-refractivity contribution < 1.29 is 14.6 Å². The molecule has 0 aliphatic heterocycles. The molecule has 0 saturated heterocycles. The number of hydrogen-bond donors (Lipinski definition) is 1. The topological polar surface area (TPSA) is 59.4 Å². The van der Waals surface area contributed by atoms with Crippen LogP contribution < -0.4 is 0 Å². The van der Waals surface area contributed by atoms with Crippen molar-refractivity contribution in [3.63, 3.8) is 0 Å². The third kappa shape index (κ3) is 2.68. The molecular formula is C9H10ClNO3. The van der Waals surface area contributed by atoms with Gasteiger partial charge in [-0.3, -0.25) is 4.98 Å². The molecule has 5 heteroatoms. The van der Waals surface area contributed by atoms with Crippen molar-refractivity contribution in [3.05, 3.63) is 29.0 Å². The first kappa shape index (κ1) is 10.9. The molecule has 1 rings (SSSR count). The zero-order valence-corrected chi connectivity index (χ0v) is 8.36. The first-order chi connectivity index (χ1) is 6.65. The summed E-state index contributed by atoms with van der Waals surface area (Å²) in [6.45, 7) is 0. The lowest BCUT2D eigenvalue weighted by molar-refractivity contribution is -0.148. The molecule has 1 N–H and O–H groups in total. The van der Waals surface area contributed by atoms with Gasteiger partial charge in [-0.15, -0.1) is 0 Å². The van der Waals surface area contributed by atoms with Crippen LogP contribution in [0.2, 0.25) is 5.02 Å². The zero-order valence-electron chi connectivity index (χ0n) is 7.61. The van der Waals surface area contributed by atoms with Crippen LogP contribution >= 0.6 is 11.6 Å². The first-order valence-electron chi connectivity index (χ1n) is 3.99. The number of nitrogens with zero attached hydrogens (tertiary/aromatic N) is 1. The predicted octanol–water partition coefficient (Wildman–Crippen LogP) is 1.38. The minimum absolute atomic E-state index is 0.243. The van der Waals surface area contributed by atoms with E-state index in [1.54, 1.807) is 12.3 Å². The average molecular weight is 216 g/mol. The third-order valence-corrected chi connectivity index (χ3v) is 2.16. The van der Waals surface area contributed by atoms with Crippen LogP contribution in [0.15, 0.2) is 18.5 Å². The number of carboxylic acids is 1. The minimum atomic E-state index is -1.000. The summed E-state index contributed by atoms with van der Waals surface area (Å²) in [6, 6.07) is 1.68. The van der Waals surface area contributed by atoms with Crippen molar-refractivity contribution in [2.75, 3.05) is 7.11 Å². The maximum atomic E-state index is 10.7. The number of halogens is 1. The van der Waals surface area contributed by atoms with Gasteiger partial charge in [0.1, 0.15) is 0 Å². The minimum Gasteiger partial charge on any atom is -0.479 e. The van der Waals surface area contributed by atoms with Crippen molar-refractivity contribution in [1.29, 1.82) is 0 Å². The lowest BCUT2D eigenvalue weighted by atomic mass is 10.1. The molecule has 1 aromatic rings. The van der Waals surface area contributed by atoms with Gasteiger partial charge in [-0.1, -0.05) is 11.6 Å². The summed E-state index contributed by atoms with van der Waals surface area (Å²) >= 11 is 5.82. The SMILES string of the molecule is COC(Cc1ccncc1Cl)C(=O)O. The number of rotatable bonds is 4. The molecule has 1 unspecified atom stereocenters. The highest BCUT2D eigenvalue weighted by Gasteiger charge is 2.17. The van der Waals surface area contributed by atoms with E-state index >= 15 is 0 Å². The van der Waals surface area contributed by atoms with E-state index in [0.717, 1.165) is 5.56 Å². The molecular weight excluding hydrogens is 206 g/mol. The molecule has 0 bridgehead atoms. The maximum absolute atomic E-state index is 10.7. The van der Waals surface area contributed by atoms with Gasteiger partial charge in [0.15, 0.2) is 6.10 Å². The van der Waals surface area contributed by atoms with Crippen molar-refractivity contribution in [1.82, 2.24) is 4.98 Å². The number of hydrogen-bond acceptors (Lipinski definition) is 3. The average Bonchev–Trinajstić information content (AvgIpc) is 2.16. The van der Waals surface area contributed by atoms with Crippen molar-refractivity contribution in [2.24, 2.45) is 0 Å². The fourth-order valence-electron chi connectivity index (χ4n) is 1.04. The largest absolute Gasteiger partial charge is 0.479 e. The first-order valence-corrected chi connectivity index (χ1v) is 4.37. The van der Waals surface area contributed by atoms with Crippen LogP contribution in [0.25, 0.3) is 0 Å². The van der Waals surface area contributed by atoms with Crippen LogP contribution in [0.3, 0.4) is 0 Å². The molecule has 0 aliphatic carbocycles. The van der Waals surface area contributed by atoms with Gasteiger partial charge in [0.2, 0.25) is 0 Å². The zero-order chi connectivity index (χ0) is 10.6. The summed E-state index contributed by atoms with van der Waals surface area (Å²) in [5.41, 5.74) is 0.718. The number of carbonyl (C=O) groups is 1. The van der Waals surface area contributed by atoms with Gasteiger partial charge in [0, 0.05) is 25.9 Å². The van der Waals surface area contributed by atoms with Gasteiger partial charge in [0.05, 0.1) is 5.02 Å². The van der Waals surface area contributed by atoms with Crippen LogP contribution in [-0.2, 0) is 16.0 Å². The second-order valence-corrected chi connectivity index (χ2v) is 3.14. The molecule has 0 amide bonds. The third-order valence-electron chi connectivity index (χ3n) is 1.82. The number of methoxy groups -OCH3 is 1. The quantitative estimate of drug-likeness (QED) is 0.824. The second kappa shape index (κ2) is 4.93. The van der Waals surface area contributed by atoms with Gasteiger partial charge in [-0.2, -0.15) is 0 Å². The molecule has 76 valence electrons. The van der Waals surface area contributed by atoms with E-state index in [4.69, 9.17) is 21.4 Å². The highest BCUT2D eigenvalue weighted by Crippen LogP contribution is 2.16. The normalized spacial score (nSPS) is 12.4. The fraction of sp³-hybridized carbons (Fsp3) is 0.333. The maximum Gasteiger partial charge on any atom is 0.333 e. The lowest BCUT2D eigenvalue weighted by Crippen LogP contribution is -2.24. The Hall–Kier alpha value is -1.13. The molecule has 0 spiro atoms. The Morgan fingerprint density at radius 2 is 2.50 bits per heavy atom. The molecule has 1 aromatic heterocycles. The molecule has 0 radical (unpaired) electrons. The number of aromatic nitrogens is 1. The molecule has 0 aromatic carbocycles. The summed E-state index contributed by atoms with van der Waals surface area (Å²) in [4.78, 5) is 14.5. The Kier molecular flexibility index (Phi) is 3.85. The standard InChI is InChI=1S/C9H10ClNO3/c1-14-8(9(12)13)4-6-2-3-11-5-7(6)10/h2-3,5,8H,4H2,1H3,(H,12,13). The molecule has 4 nitrogen and oxygen atoms in total. The van der Waals surface area contributed by atoms with Crippen LogP contribution in [-0.4, -0.2) is 29.3 Å². The van der Waals surface area contributed by atoms with Gasteiger partial charge in [-0.05, 0) is 11.6 Å². The van der Waals surface area contributed by atoms with Crippen molar-refractivity contribution in [3.8, 4) is 0 Å². The molecule has 1 heterocycles. The predicted molar refractivity (Wildman–Crippen MR) is 51.4 cm³/mol. The Bertz CT molecular complexity index is 330. The Morgan fingerprint density at radius 3 is 3.00 bits per heavy atom. The summed E-state index contributed by atoms with van der Waals surface area (Å²) in [5.74, 6) is -1.000. The summed E-state index contributed by atoms with van der Waals surface area (Å²) in [6.07, 6.45) is 2.42. The smallest absolute Gasteiger partial charge is 0.333 e. The number of aliphatic carboxylic acids is 1. The Morgan fingerprint density at radius 1 is 1.79 bits per heavy atom. The van der Waals surface area contributed by atoms with E-state index in [0.29, 0.717) is 5.02 Å². The summed E-state index contributed by atoms with van der Waals surface area (Å²) in [5, 5.41) is 9.20. The van der Waals surface area contributed by atoms with Crippen LogP contribution in [0.4, 0.5) is 0 Å². The fourth-order valence-corrected chi connectivity index (χ4v) is 1.24. The summed E-state index contributed by atoms with van der Waals surface area (Å²) in [7, 11) is 1.36. The molecule has 0 aliphatic rings. The summed E-state index contributed by atoms with van der Waals surface area (Å²) < 4.78 is 4.79. The Balaban J connectivity index is 2.77. The number of carboxylic acid groups (broad SMARTS) is 1. The molecule has 14 heavy (non-hydrogen) atoms. The van der Waals surface area contributed by atoms with Crippen LogP contribution in [0.5, 0.6) is 0 Å². The van der Waals surface area contributed by atoms with E-state index in [-0.39, 0.29) is 6.42 Å². The van der Waals surface area contributed by atoms with E-state index in [9.17, 15) is 4.79 Å². The van der Waals surface area contributed by atoms with Gasteiger partial charge >= 0.3 is 5.97 Å². The molecule has 0 saturated carbocycles. The Labute approximate surface area is 86.5 Å². The van der Waals surface area contributed by atoms with E-state index in [1.165, 1.54) is 13.3 Å². The van der Waals surface area contributed by atoms with E-state index in [1.807, 2.05) is 0 Å². The van der Waals surface area contributed by atoms with Crippen molar-refractivity contribution in [2.45, 2.75) is 12.5 Å². The van der Waals surface area contributed by atoms with Gasteiger partial charge < -0.3 is 9.84 Å². The van der Waals surface area contributed by atoms with Crippen LogP contribution in [0, 0.1) is 0 Å². The number of pyridine rings is 1. The highest BCUT2D eigenvalue weighted by molar-refractivity contribution is 6.31. The highest BCUT2D eigenvalue weighted by atomic mass is 35.5. The molecule has 0 fully saturated rings.